The number of carboxylic acids is 1. The summed E-state index contributed by atoms with van der Waals surface area (Å²) in [5.41, 5.74) is 0. The van der Waals surface area contributed by atoms with E-state index in [1.54, 1.807) is 0 Å². The third-order valence-corrected chi connectivity index (χ3v) is 4.05. The Bertz CT molecular complexity index is 345. The fourth-order valence-electron chi connectivity index (χ4n) is 1.75. The third kappa shape index (κ3) is 1.92. The highest BCUT2D eigenvalue weighted by molar-refractivity contribution is 8.01. The van der Waals surface area contributed by atoms with E-state index in [0.29, 0.717) is 0 Å². The first-order valence-corrected chi connectivity index (χ1v) is 5.64. The second-order valence-corrected chi connectivity index (χ2v) is 5.04. The average Bonchev–Trinajstić information content (AvgIpc) is 2.56. The van der Waals surface area contributed by atoms with E-state index in [2.05, 4.69) is 0 Å². The zero-order chi connectivity index (χ0) is 12.5. The Morgan fingerprint density at radius 2 is 2.06 bits per heavy atom. The summed E-state index contributed by atoms with van der Waals surface area (Å²) in [6, 6.07) is -1.01. The largest absolute Gasteiger partial charge is 0.480 e. The summed E-state index contributed by atoms with van der Waals surface area (Å²) >= 11 is 1.06. The quantitative estimate of drug-likeness (QED) is 0.685. The number of carboxylic acid groups (broad SMARTS) is 1. The first-order chi connectivity index (χ1) is 7.34. The van der Waals surface area contributed by atoms with Gasteiger partial charge < -0.3 is 15.1 Å². The van der Waals surface area contributed by atoms with Crippen molar-refractivity contribution >= 4 is 29.4 Å². The van der Waals surface area contributed by atoms with Crippen molar-refractivity contribution in [3.63, 3.8) is 0 Å². The molecule has 1 heterocycles. The van der Waals surface area contributed by atoms with Crippen LogP contribution < -0.4 is 0 Å². The number of aliphatic hydroxyl groups excluding tert-OH is 1. The number of aliphatic carboxylic acids is 1. The lowest BCUT2D eigenvalue weighted by molar-refractivity contribution is -0.152. The second kappa shape index (κ2) is 4.42. The van der Waals surface area contributed by atoms with E-state index in [0.717, 1.165) is 16.7 Å². The number of amides is 1. The number of carbonyl (C=O) groups excluding carboxylic acids is 2. The van der Waals surface area contributed by atoms with Crippen LogP contribution in [0.3, 0.4) is 0 Å². The first kappa shape index (κ1) is 13.0. The summed E-state index contributed by atoms with van der Waals surface area (Å²) in [7, 11) is 0. The fourth-order valence-corrected chi connectivity index (χ4v) is 3.14. The fraction of sp³-hybridized carbons (Fsp3) is 0.667. The third-order valence-electron chi connectivity index (χ3n) is 2.58. The molecule has 16 heavy (non-hydrogen) atoms. The number of ketones is 1. The smallest absolute Gasteiger partial charge is 0.327 e. The molecule has 1 saturated heterocycles. The van der Waals surface area contributed by atoms with Gasteiger partial charge >= 0.3 is 5.97 Å². The summed E-state index contributed by atoms with van der Waals surface area (Å²) in [6.45, 7) is 1.96. The van der Waals surface area contributed by atoms with Crippen molar-refractivity contribution in [3.8, 4) is 0 Å². The number of thioether (sulfide) groups is 1. The summed E-state index contributed by atoms with van der Waals surface area (Å²) in [6.07, 6.45) is 0. The van der Waals surface area contributed by atoms with Crippen molar-refractivity contribution in [2.75, 3.05) is 12.4 Å². The molecule has 0 saturated carbocycles. The maximum absolute atomic E-state index is 11.6. The van der Waals surface area contributed by atoms with Crippen LogP contribution in [0.2, 0.25) is 0 Å². The standard InChI is InChI=1S/C9H13NO5S/c1-5(12)10-6(8(14)15)4-16-9(10,2)7(13)3-11/h6,11H,3-4H2,1-2H3,(H,14,15). The Kier molecular flexibility index (Phi) is 3.59. The Morgan fingerprint density at radius 3 is 2.44 bits per heavy atom. The molecule has 2 N–H and O–H groups in total. The van der Waals surface area contributed by atoms with Crippen LogP contribution in [0.25, 0.3) is 0 Å². The van der Waals surface area contributed by atoms with Crippen molar-refractivity contribution in [3.05, 3.63) is 0 Å². The van der Waals surface area contributed by atoms with E-state index < -0.39 is 35.2 Å². The normalized spacial score (nSPS) is 29.2. The molecular weight excluding hydrogens is 234 g/mol. The summed E-state index contributed by atoms with van der Waals surface area (Å²) in [4.78, 5) is 33.7. The highest BCUT2D eigenvalue weighted by atomic mass is 32.2. The van der Waals surface area contributed by atoms with Crippen molar-refractivity contribution in [2.24, 2.45) is 0 Å². The molecule has 1 fully saturated rings. The maximum atomic E-state index is 11.6. The lowest BCUT2D eigenvalue weighted by atomic mass is 10.1. The molecule has 0 aliphatic carbocycles. The molecule has 1 aliphatic heterocycles. The van der Waals surface area contributed by atoms with Crippen molar-refractivity contribution in [1.29, 1.82) is 0 Å². The zero-order valence-corrected chi connectivity index (χ0v) is 9.78. The summed E-state index contributed by atoms with van der Waals surface area (Å²) in [5, 5.41) is 17.8. The number of aliphatic hydroxyl groups is 1. The SMILES string of the molecule is CC(=O)N1C(C(=O)O)CSC1(C)C(=O)CO. The minimum absolute atomic E-state index is 0.150. The summed E-state index contributed by atoms with van der Waals surface area (Å²) in [5.74, 6) is -2.03. The Morgan fingerprint density at radius 1 is 1.50 bits per heavy atom. The maximum Gasteiger partial charge on any atom is 0.327 e. The molecule has 6 nitrogen and oxygen atoms in total. The molecule has 1 aliphatic rings. The first-order valence-electron chi connectivity index (χ1n) is 4.65. The lowest BCUT2D eigenvalue weighted by Crippen LogP contribution is -2.54. The van der Waals surface area contributed by atoms with E-state index in [-0.39, 0.29) is 5.75 Å². The number of hydrogen-bond acceptors (Lipinski definition) is 5. The monoisotopic (exact) mass is 247 g/mol. The molecular formula is C9H13NO5S. The van der Waals surface area contributed by atoms with Crippen LogP contribution >= 0.6 is 11.8 Å². The molecule has 1 rings (SSSR count). The van der Waals surface area contributed by atoms with Crippen LogP contribution in [-0.4, -0.2) is 56.0 Å². The minimum Gasteiger partial charge on any atom is -0.480 e. The van der Waals surface area contributed by atoms with Crippen molar-refractivity contribution < 1.29 is 24.6 Å². The van der Waals surface area contributed by atoms with E-state index in [1.165, 1.54) is 13.8 Å². The second-order valence-electron chi connectivity index (χ2n) is 3.62. The lowest BCUT2D eigenvalue weighted by Gasteiger charge is -2.33. The Hall–Kier alpha value is -1.08. The van der Waals surface area contributed by atoms with E-state index >= 15 is 0 Å². The minimum atomic E-state index is -1.27. The van der Waals surface area contributed by atoms with Gasteiger partial charge in [-0.15, -0.1) is 11.8 Å². The van der Waals surface area contributed by atoms with E-state index in [4.69, 9.17) is 10.2 Å². The van der Waals surface area contributed by atoms with Crippen LogP contribution in [0.4, 0.5) is 0 Å². The van der Waals surface area contributed by atoms with Gasteiger partial charge in [-0.25, -0.2) is 4.79 Å². The number of rotatable bonds is 3. The van der Waals surface area contributed by atoms with Gasteiger partial charge in [0.2, 0.25) is 5.91 Å². The Labute approximate surface area is 96.6 Å². The zero-order valence-electron chi connectivity index (χ0n) is 8.97. The molecule has 0 aromatic heterocycles. The predicted octanol–water partition coefficient (Wildman–Crippen LogP) is -0.688. The van der Waals surface area contributed by atoms with Crippen LogP contribution in [0.15, 0.2) is 0 Å². The molecule has 0 radical (unpaired) electrons. The van der Waals surface area contributed by atoms with Gasteiger partial charge in [0, 0.05) is 12.7 Å². The predicted molar refractivity (Wildman–Crippen MR) is 56.9 cm³/mol. The van der Waals surface area contributed by atoms with Gasteiger partial charge in [-0.2, -0.15) is 0 Å². The molecule has 0 aromatic rings. The molecule has 2 unspecified atom stereocenters. The number of nitrogens with zero attached hydrogens (tertiary/aromatic N) is 1. The van der Waals surface area contributed by atoms with E-state index in [9.17, 15) is 14.4 Å². The molecule has 0 aromatic carbocycles. The number of hydrogen-bond donors (Lipinski definition) is 2. The molecule has 2 atom stereocenters. The molecule has 0 bridgehead atoms. The molecule has 0 spiro atoms. The van der Waals surface area contributed by atoms with Gasteiger partial charge in [0.25, 0.3) is 0 Å². The highest BCUT2D eigenvalue weighted by Gasteiger charge is 2.52. The highest BCUT2D eigenvalue weighted by Crippen LogP contribution is 2.40. The van der Waals surface area contributed by atoms with E-state index in [1.807, 2.05) is 0 Å². The van der Waals surface area contributed by atoms with Gasteiger partial charge in [0.15, 0.2) is 5.78 Å². The van der Waals surface area contributed by atoms with Gasteiger partial charge in [-0.05, 0) is 6.92 Å². The van der Waals surface area contributed by atoms with Gasteiger partial charge in [0.1, 0.15) is 17.5 Å². The Balaban J connectivity index is 3.09. The average molecular weight is 247 g/mol. The van der Waals surface area contributed by atoms with Crippen LogP contribution in [0.1, 0.15) is 13.8 Å². The van der Waals surface area contributed by atoms with Gasteiger partial charge in [-0.3, -0.25) is 9.59 Å². The van der Waals surface area contributed by atoms with Gasteiger partial charge in [-0.1, -0.05) is 0 Å². The number of Topliss-reactive ketones (excluding diaryl/α,β-unsaturated/α-hetero) is 1. The molecule has 90 valence electrons. The molecule has 1 amide bonds. The van der Waals surface area contributed by atoms with Crippen LogP contribution in [0.5, 0.6) is 0 Å². The number of carbonyl (C=O) groups is 3. The van der Waals surface area contributed by atoms with Crippen LogP contribution in [0, 0.1) is 0 Å². The summed E-state index contributed by atoms with van der Waals surface area (Å²) < 4.78 is 0. The molecule has 7 heteroatoms. The van der Waals surface area contributed by atoms with Crippen molar-refractivity contribution in [1.82, 2.24) is 4.90 Å². The van der Waals surface area contributed by atoms with Gasteiger partial charge in [0.05, 0.1) is 0 Å². The van der Waals surface area contributed by atoms with Crippen molar-refractivity contribution in [2.45, 2.75) is 24.8 Å². The van der Waals surface area contributed by atoms with Crippen LogP contribution in [-0.2, 0) is 14.4 Å². The topological polar surface area (TPSA) is 94.9 Å².